The summed E-state index contributed by atoms with van der Waals surface area (Å²) in [5.41, 5.74) is 1.04. The van der Waals surface area contributed by atoms with Gasteiger partial charge in [0, 0.05) is 13.2 Å². The van der Waals surface area contributed by atoms with Crippen molar-refractivity contribution in [3.63, 3.8) is 0 Å². The van der Waals surface area contributed by atoms with Crippen LogP contribution >= 0.6 is 0 Å². The van der Waals surface area contributed by atoms with Crippen LogP contribution in [0.3, 0.4) is 0 Å². The fourth-order valence-corrected chi connectivity index (χ4v) is 2.03. The first kappa shape index (κ1) is 15.4. The number of amides is 1. The molecule has 0 saturated heterocycles. The summed E-state index contributed by atoms with van der Waals surface area (Å²) in [5, 5.41) is 8.76. The monoisotopic (exact) mass is 301 g/mol. The van der Waals surface area contributed by atoms with Crippen LogP contribution in [0.4, 0.5) is 0 Å². The minimum absolute atomic E-state index is 0.192. The molecule has 0 aliphatic carbocycles. The van der Waals surface area contributed by atoms with Crippen molar-refractivity contribution >= 4 is 11.9 Å². The standard InChI is InChI=1S/C15H15N3O4/c1-9-12(15(20)21-3)5-11(22-9)8-18(2)14(19)13-4-10(6-16)7-17-13/h4-5,7,17H,8H2,1-3H3. The molecule has 7 heteroatoms. The Hall–Kier alpha value is -3.01. The molecular weight excluding hydrogens is 286 g/mol. The zero-order chi connectivity index (χ0) is 16.3. The van der Waals surface area contributed by atoms with Gasteiger partial charge < -0.3 is 19.0 Å². The second kappa shape index (κ2) is 6.18. The highest BCUT2D eigenvalue weighted by Gasteiger charge is 2.19. The topological polar surface area (TPSA) is 99.3 Å². The SMILES string of the molecule is COC(=O)c1cc(CN(C)C(=O)c2cc(C#N)c[nH]2)oc1C. The largest absolute Gasteiger partial charge is 0.465 e. The van der Waals surface area contributed by atoms with Crippen molar-refractivity contribution < 1.29 is 18.7 Å². The number of nitrogens with one attached hydrogen (secondary N) is 1. The average Bonchev–Trinajstić information content (AvgIpc) is 3.12. The Balaban J connectivity index is 2.12. The molecular formula is C15H15N3O4. The summed E-state index contributed by atoms with van der Waals surface area (Å²) in [5.74, 6) is 0.148. The number of nitriles is 1. The molecule has 0 aliphatic rings. The van der Waals surface area contributed by atoms with Crippen molar-refractivity contribution in [2.24, 2.45) is 0 Å². The maximum absolute atomic E-state index is 12.2. The number of hydrogen-bond donors (Lipinski definition) is 1. The molecule has 0 aliphatic heterocycles. The number of rotatable bonds is 4. The molecule has 2 aromatic heterocycles. The van der Waals surface area contributed by atoms with Gasteiger partial charge in [-0.05, 0) is 19.1 Å². The van der Waals surface area contributed by atoms with Gasteiger partial charge in [0.25, 0.3) is 5.91 Å². The first-order valence-corrected chi connectivity index (χ1v) is 6.48. The first-order valence-electron chi connectivity index (χ1n) is 6.48. The van der Waals surface area contributed by atoms with Gasteiger partial charge in [-0.1, -0.05) is 0 Å². The van der Waals surface area contributed by atoms with Crippen molar-refractivity contribution in [1.82, 2.24) is 9.88 Å². The van der Waals surface area contributed by atoms with Gasteiger partial charge in [-0.25, -0.2) is 4.79 Å². The molecule has 22 heavy (non-hydrogen) atoms. The first-order chi connectivity index (χ1) is 10.5. The predicted molar refractivity (Wildman–Crippen MR) is 76.1 cm³/mol. The Morgan fingerprint density at radius 1 is 1.45 bits per heavy atom. The zero-order valence-electron chi connectivity index (χ0n) is 12.5. The van der Waals surface area contributed by atoms with E-state index in [1.54, 1.807) is 20.0 Å². The second-order valence-electron chi connectivity index (χ2n) is 4.75. The molecule has 0 saturated carbocycles. The number of aromatic nitrogens is 1. The maximum atomic E-state index is 12.2. The average molecular weight is 301 g/mol. The summed E-state index contributed by atoms with van der Waals surface area (Å²) in [4.78, 5) is 27.9. The van der Waals surface area contributed by atoms with E-state index in [4.69, 9.17) is 9.68 Å². The van der Waals surface area contributed by atoms with E-state index < -0.39 is 5.97 Å². The van der Waals surface area contributed by atoms with Crippen LogP contribution < -0.4 is 0 Å². The van der Waals surface area contributed by atoms with Crippen molar-refractivity contribution in [2.45, 2.75) is 13.5 Å². The number of methoxy groups -OCH3 is 1. The normalized spacial score (nSPS) is 10.1. The Morgan fingerprint density at radius 3 is 2.77 bits per heavy atom. The summed E-state index contributed by atoms with van der Waals surface area (Å²) >= 11 is 0. The molecule has 2 heterocycles. The lowest BCUT2D eigenvalue weighted by molar-refractivity contribution is 0.0598. The number of carbonyl (C=O) groups excluding carboxylic acids is 2. The molecule has 0 spiro atoms. The van der Waals surface area contributed by atoms with Crippen molar-refractivity contribution in [1.29, 1.82) is 5.26 Å². The number of aryl methyl sites for hydroxylation is 1. The lowest BCUT2D eigenvalue weighted by Crippen LogP contribution is -2.26. The fourth-order valence-electron chi connectivity index (χ4n) is 2.03. The number of aromatic amines is 1. The van der Waals surface area contributed by atoms with Gasteiger partial charge >= 0.3 is 5.97 Å². The lowest BCUT2D eigenvalue weighted by Gasteiger charge is -2.14. The van der Waals surface area contributed by atoms with Gasteiger partial charge in [-0.15, -0.1) is 0 Å². The van der Waals surface area contributed by atoms with E-state index in [0.29, 0.717) is 28.3 Å². The number of nitrogens with zero attached hydrogens (tertiary/aromatic N) is 2. The summed E-state index contributed by atoms with van der Waals surface area (Å²) in [6.45, 7) is 1.85. The van der Waals surface area contributed by atoms with Gasteiger partial charge in [-0.2, -0.15) is 5.26 Å². The van der Waals surface area contributed by atoms with E-state index in [1.165, 1.54) is 24.3 Å². The third-order valence-corrected chi connectivity index (χ3v) is 3.16. The Kier molecular flexibility index (Phi) is 4.32. The molecule has 0 aromatic carbocycles. The molecule has 0 atom stereocenters. The van der Waals surface area contributed by atoms with Crippen LogP contribution in [0.1, 0.15) is 37.9 Å². The molecule has 0 radical (unpaired) electrons. The van der Waals surface area contributed by atoms with Crippen LogP contribution in [0, 0.1) is 18.3 Å². The molecule has 1 amide bonds. The summed E-state index contributed by atoms with van der Waals surface area (Å²) < 4.78 is 10.1. The van der Waals surface area contributed by atoms with Gasteiger partial charge in [0.05, 0.1) is 19.2 Å². The van der Waals surface area contributed by atoms with Crippen LogP contribution in [0.2, 0.25) is 0 Å². The number of esters is 1. The van der Waals surface area contributed by atoms with Crippen molar-refractivity contribution in [3.8, 4) is 6.07 Å². The quantitative estimate of drug-likeness (QED) is 0.869. The Labute approximate surface area is 127 Å². The van der Waals surface area contributed by atoms with E-state index in [0.717, 1.165) is 0 Å². The lowest BCUT2D eigenvalue weighted by atomic mass is 10.2. The number of ether oxygens (including phenoxy) is 1. The van der Waals surface area contributed by atoms with Crippen LogP contribution in [-0.2, 0) is 11.3 Å². The van der Waals surface area contributed by atoms with Gasteiger partial charge in [0.1, 0.15) is 28.8 Å². The summed E-state index contributed by atoms with van der Waals surface area (Å²) in [7, 11) is 2.90. The molecule has 7 nitrogen and oxygen atoms in total. The number of furan rings is 1. The van der Waals surface area contributed by atoms with E-state index in [2.05, 4.69) is 9.72 Å². The van der Waals surface area contributed by atoms with Crippen LogP contribution in [0.5, 0.6) is 0 Å². The van der Waals surface area contributed by atoms with E-state index in [1.807, 2.05) is 6.07 Å². The maximum Gasteiger partial charge on any atom is 0.341 e. The second-order valence-corrected chi connectivity index (χ2v) is 4.75. The predicted octanol–water partition coefficient (Wildman–Crippen LogP) is 1.85. The molecule has 0 fully saturated rings. The number of H-pyrrole nitrogens is 1. The van der Waals surface area contributed by atoms with Gasteiger partial charge in [0.2, 0.25) is 0 Å². The highest BCUT2D eigenvalue weighted by molar-refractivity contribution is 5.93. The Morgan fingerprint density at radius 2 is 2.18 bits per heavy atom. The van der Waals surface area contributed by atoms with E-state index in [9.17, 15) is 9.59 Å². The minimum atomic E-state index is -0.482. The van der Waals surface area contributed by atoms with Crippen molar-refractivity contribution in [2.75, 3.05) is 14.2 Å². The summed E-state index contributed by atoms with van der Waals surface area (Å²) in [6, 6.07) is 4.98. The molecule has 2 rings (SSSR count). The molecule has 1 N–H and O–H groups in total. The molecule has 0 unspecified atom stereocenters. The van der Waals surface area contributed by atoms with Crippen LogP contribution in [0.25, 0.3) is 0 Å². The third kappa shape index (κ3) is 3.01. The fraction of sp³-hybridized carbons (Fsp3) is 0.267. The molecule has 0 bridgehead atoms. The minimum Gasteiger partial charge on any atom is -0.465 e. The third-order valence-electron chi connectivity index (χ3n) is 3.16. The van der Waals surface area contributed by atoms with Crippen LogP contribution in [0.15, 0.2) is 22.7 Å². The van der Waals surface area contributed by atoms with Crippen LogP contribution in [-0.4, -0.2) is 35.9 Å². The van der Waals surface area contributed by atoms with Crippen molar-refractivity contribution in [3.05, 3.63) is 46.7 Å². The highest BCUT2D eigenvalue weighted by Crippen LogP contribution is 2.17. The molecule has 2 aromatic rings. The number of hydrogen-bond acceptors (Lipinski definition) is 5. The zero-order valence-corrected chi connectivity index (χ0v) is 12.5. The number of carbonyl (C=O) groups is 2. The van der Waals surface area contributed by atoms with Gasteiger partial charge in [0.15, 0.2) is 0 Å². The summed E-state index contributed by atoms with van der Waals surface area (Å²) in [6.07, 6.45) is 1.47. The molecule has 114 valence electrons. The highest BCUT2D eigenvalue weighted by atomic mass is 16.5. The Bertz CT molecular complexity index is 751. The van der Waals surface area contributed by atoms with E-state index >= 15 is 0 Å². The van der Waals surface area contributed by atoms with Gasteiger partial charge in [-0.3, -0.25) is 4.79 Å². The van der Waals surface area contributed by atoms with E-state index in [-0.39, 0.29) is 12.5 Å². The smallest absolute Gasteiger partial charge is 0.341 e.